The van der Waals surface area contributed by atoms with Crippen molar-refractivity contribution in [1.82, 2.24) is 0 Å². The summed E-state index contributed by atoms with van der Waals surface area (Å²) in [6.45, 7) is -0.369. The van der Waals surface area contributed by atoms with Crippen LogP contribution in [0.5, 0.6) is 5.75 Å². The number of carboxylic acid groups (broad SMARTS) is 1. The van der Waals surface area contributed by atoms with Crippen LogP contribution in [0.15, 0.2) is 29.6 Å². The van der Waals surface area contributed by atoms with Crippen LogP contribution < -0.4 is 10.1 Å². The van der Waals surface area contributed by atoms with Crippen molar-refractivity contribution in [3.05, 3.63) is 45.4 Å². The Labute approximate surface area is 127 Å². The average Bonchev–Trinajstić information content (AvgIpc) is 2.89. The molecule has 0 spiro atoms. The molecule has 0 saturated carbocycles. The van der Waals surface area contributed by atoms with E-state index in [4.69, 9.17) is 21.4 Å². The van der Waals surface area contributed by atoms with Gasteiger partial charge < -0.3 is 15.2 Å². The number of hydrogen-bond acceptors (Lipinski definition) is 4. The molecule has 110 valence electrons. The van der Waals surface area contributed by atoms with Gasteiger partial charge in [0.1, 0.15) is 11.6 Å². The molecule has 0 aliphatic rings. The summed E-state index contributed by atoms with van der Waals surface area (Å²) in [7, 11) is 0. The van der Waals surface area contributed by atoms with Crippen LogP contribution in [-0.2, 0) is 4.79 Å². The van der Waals surface area contributed by atoms with Gasteiger partial charge in [0.15, 0.2) is 11.5 Å². The van der Waals surface area contributed by atoms with Gasteiger partial charge in [-0.3, -0.25) is 4.79 Å². The molecule has 0 unspecified atom stereocenters. The fraction of sp³-hybridized carbons (Fsp3) is 0.0769. The number of rotatable bonds is 5. The molecule has 2 N–H and O–H groups in total. The van der Waals surface area contributed by atoms with Crippen molar-refractivity contribution < 1.29 is 23.8 Å². The van der Waals surface area contributed by atoms with E-state index in [9.17, 15) is 14.0 Å². The van der Waals surface area contributed by atoms with E-state index in [1.165, 1.54) is 18.2 Å². The van der Waals surface area contributed by atoms with Crippen molar-refractivity contribution in [1.29, 1.82) is 0 Å². The summed E-state index contributed by atoms with van der Waals surface area (Å²) in [6.07, 6.45) is 0. The first-order valence-corrected chi connectivity index (χ1v) is 6.91. The second-order valence-electron chi connectivity index (χ2n) is 3.88. The zero-order chi connectivity index (χ0) is 15.4. The van der Waals surface area contributed by atoms with E-state index in [0.717, 1.165) is 17.4 Å². The number of aromatic carboxylic acids is 1. The molecule has 1 aromatic carbocycles. The monoisotopic (exact) mass is 329 g/mol. The molecule has 0 bridgehead atoms. The molecule has 5 nitrogen and oxygen atoms in total. The summed E-state index contributed by atoms with van der Waals surface area (Å²) in [5, 5.41) is 12.8. The highest BCUT2D eigenvalue weighted by molar-refractivity contribution is 7.12. The van der Waals surface area contributed by atoms with Crippen LogP contribution in [0.25, 0.3) is 0 Å². The van der Waals surface area contributed by atoms with E-state index >= 15 is 0 Å². The third-order valence-electron chi connectivity index (χ3n) is 2.39. The van der Waals surface area contributed by atoms with Crippen molar-refractivity contribution in [2.75, 3.05) is 11.9 Å². The molecular weight excluding hydrogens is 321 g/mol. The molecule has 1 aromatic heterocycles. The lowest BCUT2D eigenvalue weighted by Gasteiger charge is -2.07. The number of nitrogens with one attached hydrogen (secondary N) is 1. The predicted molar refractivity (Wildman–Crippen MR) is 76.8 cm³/mol. The minimum Gasteiger partial charge on any atom is -0.482 e. The highest BCUT2D eigenvalue weighted by atomic mass is 35.5. The van der Waals surface area contributed by atoms with Gasteiger partial charge in [0.25, 0.3) is 5.91 Å². The summed E-state index contributed by atoms with van der Waals surface area (Å²) >= 11 is 6.59. The molecule has 21 heavy (non-hydrogen) atoms. The minimum absolute atomic E-state index is 0.0210. The number of benzene rings is 1. The van der Waals surface area contributed by atoms with Crippen molar-refractivity contribution in [2.45, 2.75) is 0 Å². The summed E-state index contributed by atoms with van der Waals surface area (Å²) in [6, 6.07) is 5.21. The second kappa shape index (κ2) is 6.55. The highest BCUT2D eigenvalue weighted by Gasteiger charge is 2.14. The van der Waals surface area contributed by atoms with Gasteiger partial charge >= 0.3 is 5.97 Å². The minimum atomic E-state index is -1.12. The van der Waals surface area contributed by atoms with Gasteiger partial charge in [0.2, 0.25) is 0 Å². The Morgan fingerprint density at radius 1 is 1.38 bits per heavy atom. The molecular formula is C13H9ClFNO4S. The summed E-state index contributed by atoms with van der Waals surface area (Å²) in [5.41, 5.74) is 0.318. The largest absolute Gasteiger partial charge is 0.482 e. The maximum atomic E-state index is 13.0. The summed E-state index contributed by atoms with van der Waals surface area (Å²) in [5.74, 6) is -2.10. The molecule has 0 saturated heterocycles. The van der Waals surface area contributed by atoms with Crippen LogP contribution in [0.4, 0.5) is 10.1 Å². The van der Waals surface area contributed by atoms with E-state index in [-0.39, 0.29) is 22.3 Å². The Balaban J connectivity index is 1.94. The van der Waals surface area contributed by atoms with Gasteiger partial charge in [0, 0.05) is 5.69 Å². The van der Waals surface area contributed by atoms with Gasteiger partial charge in [0.05, 0.1) is 5.02 Å². The maximum Gasteiger partial charge on any atom is 0.349 e. The van der Waals surface area contributed by atoms with E-state index in [0.29, 0.717) is 5.69 Å². The molecule has 0 radical (unpaired) electrons. The van der Waals surface area contributed by atoms with Crippen molar-refractivity contribution in [3.63, 3.8) is 0 Å². The number of thiophene rings is 1. The van der Waals surface area contributed by atoms with Crippen LogP contribution in [0, 0.1) is 5.82 Å². The zero-order valence-electron chi connectivity index (χ0n) is 10.4. The lowest BCUT2D eigenvalue weighted by Crippen LogP contribution is -2.20. The van der Waals surface area contributed by atoms with Gasteiger partial charge in [-0.2, -0.15) is 0 Å². The second-order valence-corrected chi connectivity index (χ2v) is 5.21. The lowest BCUT2D eigenvalue weighted by molar-refractivity contribution is -0.118. The van der Waals surface area contributed by atoms with E-state index in [1.807, 2.05) is 0 Å². The summed E-state index contributed by atoms with van der Waals surface area (Å²) in [4.78, 5) is 22.6. The first kappa shape index (κ1) is 15.3. The van der Waals surface area contributed by atoms with Crippen molar-refractivity contribution >= 4 is 40.5 Å². The van der Waals surface area contributed by atoms with Gasteiger partial charge in [-0.05, 0) is 29.6 Å². The number of anilines is 1. The highest BCUT2D eigenvalue weighted by Crippen LogP contribution is 2.24. The number of carbonyl (C=O) groups excluding carboxylic acids is 1. The fourth-order valence-electron chi connectivity index (χ4n) is 1.48. The normalized spacial score (nSPS) is 10.2. The third kappa shape index (κ3) is 3.93. The molecule has 2 aromatic rings. The third-order valence-corrected chi connectivity index (χ3v) is 3.56. The van der Waals surface area contributed by atoms with Crippen LogP contribution >= 0.6 is 22.9 Å². The number of ether oxygens (including phenoxy) is 1. The van der Waals surface area contributed by atoms with Crippen molar-refractivity contribution in [3.8, 4) is 5.75 Å². The Kier molecular flexibility index (Phi) is 4.77. The van der Waals surface area contributed by atoms with Crippen LogP contribution in [0.3, 0.4) is 0 Å². The predicted octanol–water partition coefficient (Wildman–Crippen LogP) is 3.26. The van der Waals surface area contributed by atoms with E-state index in [2.05, 4.69) is 5.32 Å². The Morgan fingerprint density at radius 3 is 2.81 bits per heavy atom. The van der Waals surface area contributed by atoms with Gasteiger partial charge in [-0.1, -0.05) is 11.6 Å². The molecule has 1 amide bonds. The van der Waals surface area contributed by atoms with Crippen LogP contribution in [0.2, 0.25) is 5.02 Å². The van der Waals surface area contributed by atoms with E-state index < -0.39 is 17.7 Å². The SMILES string of the molecule is O=C(COc1ccsc1C(=O)O)Nc1ccc(F)c(Cl)c1. The van der Waals surface area contributed by atoms with Gasteiger partial charge in [-0.25, -0.2) is 9.18 Å². The molecule has 2 rings (SSSR count). The maximum absolute atomic E-state index is 13.0. The molecule has 8 heteroatoms. The summed E-state index contributed by atoms with van der Waals surface area (Å²) < 4.78 is 18.1. The van der Waals surface area contributed by atoms with Crippen LogP contribution in [0.1, 0.15) is 9.67 Å². The Hall–Kier alpha value is -2.12. The van der Waals surface area contributed by atoms with Gasteiger partial charge in [-0.15, -0.1) is 11.3 Å². The molecule has 0 aliphatic heterocycles. The molecule has 1 heterocycles. The topological polar surface area (TPSA) is 75.6 Å². The Bertz CT molecular complexity index is 689. The van der Waals surface area contributed by atoms with Crippen LogP contribution in [-0.4, -0.2) is 23.6 Å². The smallest absolute Gasteiger partial charge is 0.349 e. The first-order chi connectivity index (χ1) is 9.97. The lowest BCUT2D eigenvalue weighted by atomic mass is 10.3. The number of hydrogen-bond donors (Lipinski definition) is 2. The first-order valence-electron chi connectivity index (χ1n) is 5.66. The number of carbonyl (C=O) groups is 2. The zero-order valence-corrected chi connectivity index (χ0v) is 12.0. The number of halogens is 2. The molecule has 0 aliphatic carbocycles. The molecule has 0 atom stereocenters. The number of amides is 1. The molecule has 0 fully saturated rings. The average molecular weight is 330 g/mol. The van der Waals surface area contributed by atoms with E-state index in [1.54, 1.807) is 5.38 Å². The Morgan fingerprint density at radius 2 is 2.14 bits per heavy atom. The standard InChI is InChI=1S/C13H9ClFNO4S/c14-8-5-7(1-2-9(8)15)16-11(17)6-20-10-3-4-21-12(10)13(18)19/h1-5H,6H2,(H,16,17)(H,18,19). The fourth-order valence-corrected chi connectivity index (χ4v) is 2.33. The van der Waals surface area contributed by atoms with Crippen molar-refractivity contribution in [2.24, 2.45) is 0 Å². The quantitative estimate of drug-likeness (QED) is 0.883. The number of carboxylic acids is 1.